The summed E-state index contributed by atoms with van der Waals surface area (Å²) in [5, 5.41) is 0. The number of alkyl halides is 1. The van der Waals surface area contributed by atoms with Crippen LogP contribution >= 0.6 is 11.6 Å². The lowest BCUT2D eigenvalue weighted by Crippen LogP contribution is -2.37. The highest BCUT2D eigenvalue weighted by molar-refractivity contribution is 6.17. The van der Waals surface area contributed by atoms with E-state index in [0.717, 1.165) is 32.2 Å². The molecule has 0 aliphatic rings. The molecule has 0 heterocycles. The normalized spacial score (nSPS) is 10.7. The first kappa shape index (κ1) is 14.8. The third kappa shape index (κ3) is 6.77. The van der Waals surface area contributed by atoms with Crippen molar-refractivity contribution in [3.05, 3.63) is 0 Å². The summed E-state index contributed by atoms with van der Waals surface area (Å²) >= 11 is 5.64. The van der Waals surface area contributed by atoms with Gasteiger partial charge in [0.2, 0.25) is 5.91 Å². The van der Waals surface area contributed by atoms with Gasteiger partial charge in [0.15, 0.2) is 0 Å². The molecule has 0 rings (SSSR count). The molecule has 0 aliphatic carbocycles. The van der Waals surface area contributed by atoms with Crippen LogP contribution in [0.15, 0.2) is 0 Å². The number of unbranched alkanes of at least 4 members (excludes halogenated alkanes) is 2. The molecule has 0 aromatic rings. The Morgan fingerprint density at radius 2 is 1.93 bits per heavy atom. The van der Waals surface area contributed by atoms with Crippen molar-refractivity contribution < 1.29 is 4.79 Å². The van der Waals surface area contributed by atoms with Crippen molar-refractivity contribution in [2.45, 2.75) is 58.9 Å². The van der Waals surface area contributed by atoms with Gasteiger partial charge >= 0.3 is 0 Å². The Labute approximate surface area is 99.0 Å². The summed E-state index contributed by atoms with van der Waals surface area (Å²) in [5.41, 5.74) is 0. The Kier molecular flexibility index (Phi) is 8.88. The van der Waals surface area contributed by atoms with Crippen molar-refractivity contribution in [3.63, 3.8) is 0 Å². The highest BCUT2D eigenvalue weighted by Crippen LogP contribution is 2.07. The SMILES string of the molecule is CCCCCC(=O)N(CCCCl)C(C)C. The second-order valence-electron chi connectivity index (χ2n) is 4.18. The van der Waals surface area contributed by atoms with Crippen molar-refractivity contribution in [2.75, 3.05) is 12.4 Å². The number of hydrogen-bond acceptors (Lipinski definition) is 1. The van der Waals surface area contributed by atoms with Crippen LogP contribution in [0.2, 0.25) is 0 Å². The Bertz CT molecular complexity index is 171. The van der Waals surface area contributed by atoms with Gasteiger partial charge in [-0.05, 0) is 26.7 Å². The van der Waals surface area contributed by atoms with Crippen LogP contribution in [0.5, 0.6) is 0 Å². The molecule has 0 radical (unpaired) electrons. The lowest BCUT2D eigenvalue weighted by atomic mass is 10.1. The molecule has 0 spiro atoms. The lowest BCUT2D eigenvalue weighted by molar-refractivity contribution is -0.133. The van der Waals surface area contributed by atoms with Crippen LogP contribution in [0.1, 0.15) is 52.9 Å². The molecule has 0 aromatic heterocycles. The van der Waals surface area contributed by atoms with Gasteiger partial charge in [-0.2, -0.15) is 0 Å². The third-order valence-corrected chi connectivity index (χ3v) is 2.74. The summed E-state index contributed by atoms with van der Waals surface area (Å²) < 4.78 is 0. The topological polar surface area (TPSA) is 20.3 Å². The summed E-state index contributed by atoms with van der Waals surface area (Å²) in [5.74, 6) is 0.911. The van der Waals surface area contributed by atoms with Gasteiger partial charge in [0.1, 0.15) is 0 Å². The van der Waals surface area contributed by atoms with Gasteiger partial charge < -0.3 is 4.90 Å². The quantitative estimate of drug-likeness (QED) is 0.465. The molecule has 15 heavy (non-hydrogen) atoms. The fourth-order valence-corrected chi connectivity index (χ4v) is 1.69. The van der Waals surface area contributed by atoms with Gasteiger partial charge in [0.25, 0.3) is 0 Å². The standard InChI is InChI=1S/C12H24ClNO/c1-4-5-6-8-12(15)14(11(2)3)10-7-9-13/h11H,4-10H2,1-3H3. The monoisotopic (exact) mass is 233 g/mol. The number of nitrogens with zero attached hydrogens (tertiary/aromatic N) is 1. The predicted octanol–water partition coefficient (Wildman–Crippen LogP) is 3.43. The molecule has 0 bridgehead atoms. The molecule has 0 fully saturated rings. The van der Waals surface area contributed by atoms with E-state index >= 15 is 0 Å². The first-order valence-corrected chi connectivity index (χ1v) is 6.52. The first-order valence-electron chi connectivity index (χ1n) is 5.98. The van der Waals surface area contributed by atoms with Crippen molar-refractivity contribution in [1.82, 2.24) is 4.90 Å². The molecule has 1 amide bonds. The predicted molar refractivity (Wildman–Crippen MR) is 66.3 cm³/mol. The largest absolute Gasteiger partial charge is 0.340 e. The minimum absolute atomic E-state index is 0.281. The minimum atomic E-state index is 0.281. The highest BCUT2D eigenvalue weighted by Gasteiger charge is 2.15. The van der Waals surface area contributed by atoms with Crippen LogP contribution in [-0.4, -0.2) is 29.3 Å². The average molecular weight is 234 g/mol. The number of carbonyl (C=O) groups excluding carboxylic acids is 1. The molecule has 2 nitrogen and oxygen atoms in total. The van der Waals surface area contributed by atoms with Crippen molar-refractivity contribution in [2.24, 2.45) is 0 Å². The maximum absolute atomic E-state index is 11.8. The van der Waals surface area contributed by atoms with Crippen LogP contribution in [0, 0.1) is 0 Å². The van der Waals surface area contributed by atoms with Crippen molar-refractivity contribution >= 4 is 17.5 Å². The van der Waals surface area contributed by atoms with E-state index in [4.69, 9.17) is 11.6 Å². The molecule has 0 aromatic carbocycles. The molecule has 0 unspecified atom stereocenters. The zero-order valence-electron chi connectivity index (χ0n) is 10.3. The molecule has 0 saturated carbocycles. The number of carbonyl (C=O) groups is 1. The zero-order valence-corrected chi connectivity index (χ0v) is 11.0. The summed E-state index contributed by atoms with van der Waals surface area (Å²) in [6.07, 6.45) is 4.90. The highest BCUT2D eigenvalue weighted by atomic mass is 35.5. The van der Waals surface area contributed by atoms with E-state index in [9.17, 15) is 4.79 Å². The second kappa shape index (κ2) is 9.02. The molecule has 0 atom stereocenters. The van der Waals surface area contributed by atoms with Gasteiger partial charge in [-0.25, -0.2) is 0 Å². The van der Waals surface area contributed by atoms with E-state index in [-0.39, 0.29) is 5.91 Å². The fourth-order valence-electron chi connectivity index (χ4n) is 1.57. The Morgan fingerprint density at radius 3 is 2.40 bits per heavy atom. The van der Waals surface area contributed by atoms with E-state index in [2.05, 4.69) is 20.8 Å². The molecule has 0 saturated heterocycles. The van der Waals surface area contributed by atoms with Crippen molar-refractivity contribution in [3.8, 4) is 0 Å². The number of halogens is 1. The van der Waals surface area contributed by atoms with E-state index < -0.39 is 0 Å². The number of amides is 1. The molecule has 0 aliphatic heterocycles. The molecular weight excluding hydrogens is 210 g/mol. The first-order chi connectivity index (χ1) is 7.13. The summed E-state index contributed by atoms with van der Waals surface area (Å²) in [7, 11) is 0. The number of rotatable bonds is 8. The van der Waals surface area contributed by atoms with Crippen LogP contribution < -0.4 is 0 Å². The molecule has 3 heteroatoms. The Hall–Kier alpha value is -0.240. The Morgan fingerprint density at radius 1 is 1.27 bits per heavy atom. The van der Waals surface area contributed by atoms with Crippen molar-refractivity contribution in [1.29, 1.82) is 0 Å². The average Bonchev–Trinajstić information content (AvgIpc) is 2.18. The second-order valence-corrected chi connectivity index (χ2v) is 4.56. The van der Waals surface area contributed by atoms with Crippen LogP contribution in [0.25, 0.3) is 0 Å². The number of hydrogen-bond donors (Lipinski definition) is 0. The summed E-state index contributed by atoms with van der Waals surface area (Å²) in [4.78, 5) is 13.8. The summed E-state index contributed by atoms with van der Waals surface area (Å²) in [6.45, 7) is 7.07. The van der Waals surface area contributed by atoms with E-state index in [0.29, 0.717) is 18.3 Å². The van der Waals surface area contributed by atoms with E-state index in [1.54, 1.807) is 0 Å². The van der Waals surface area contributed by atoms with Gasteiger partial charge in [-0.15, -0.1) is 11.6 Å². The van der Waals surface area contributed by atoms with E-state index in [1.807, 2.05) is 4.90 Å². The van der Waals surface area contributed by atoms with Gasteiger partial charge in [0, 0.05) is 24.9 Å². The smallest absolute Gasteiger partial charge is 0.222 e. The Balaban J connectivity index is 3.93. The fraction of sp³-hybridized carbons (Fsp3) is 0.917. The third-order valence-electron chi connectivity index (χ3n) is 2.47. The van der Waals surface area contributed by atoms with Gasteiger partial charge in [-0.1, -0.05) is 19.8 Å². The minimum Gasteiger partial charge on any atom is -0.340 e. The van der Waals surface area contributed by atoms with Gasteiger partial charge in [-0.3, -0.25) is 4.79 Å². The summed E-state index contributed by atoms with van der Waals surface area (Å²) in [6, 6.07) is 0.294. The molecule has 0 N–H and O–H groups in total. The molecule has 90 valence electrons. The lowest BCUT2D eigenvalue weighted by Gasteiger charge is -2.26. The van der Waals surface area contributed by atoms with Crippen LogP contribution in [0.4, 0.5) is 0 Å². The maximum Gasteiger partial charge on any atom is 0.222 e. The molecular formula is C12H24ClNO. The van der Waals surface area contributed by atoms with Crippen LogP contribution in [-0.2, 0) is 4.79 Å². The van der Waals surface area contributed by atoms with Gasteiger partial charge in [0.05, 0.1) is 0 Å². The van der Waals surface area contributed by atoms with E-state index in [1.165, 1.54) is 0 Å². The zero-order chi connectivity index (χ0) is 11.7. The maximum atomic E-state index is 11.8. The van der Waals surface area contributed by atoms with Crippen LogP contribution in [0.3, 0.4) is 0 Å².